The normalized spacial score (nSPS) is 14.8. The quantitative estimate of drug-likeness (QED) is 0.186. The van der Waals surface area contributed by atoms with Gasteiger partial charge in [0, 0.05) is 0 Å². The van der Waals surface area contributed by atoms with Crippen molar-refractivity contribution < 1.29 is 43.5 Å². The SMILES string of the molecule is [B]I(I)[I-][B]I([I-]I)[I-]I([B])I. The van der Waals surface area contributed by atoms with Crippen LogP contribution in [0.4, 0.5) is 0 Å². The zero-order valence-corrected chi connectivity index (χ0v) is 24.6. The Morgan fingerprint density at radius 1 is 1.17 bits per heavy atom. The molecule has 0 aromatic carbocycles. The molecule has 0 unspecified atom stereocenters. The third kappa shape index (κ3) is 13.2. The Morgan fingerprint density at radius 3 is 2.08 bits per heavy atom. The first-order chi connectivity index (χ1) is 5.56. The summed E-state index contributed by atoms with van der Waals surface area (Å²) >= 11 is 6.99. The fourth-order valence-electron chi connectivity index (χ4n) is 0.134. The number of hydrogen-bond donors (Lipinski definition) is 0. The zero-order valence-electron chi connectivity index (χ0n) is 5.13. The molecule has 0 nitrogen and oxygen atoms in total. The zero-order chi connectivity index (χ0) is 9.56. The molecule has 0 aromatic rings. The minimum atomic E-state index is -0.866. The molecule has 0 amide bonds. The Balaban J connectivity index is 3.53. The van der Waals surface area contributed by atoms with Crippen molar-refractivity contribution in [3.63, 3.8) is 0 Å². The summed E-state index contributed by atoms with van der Waals surface area (Å²) in [6.45, 7) is 0. The number of hydrogen-bond acceptors (Lipinski definition) is 0. The van der Waals surface area contributed by atoms with Gasteiger partial charge in [-0.2, -0.15) is 0 Å². The topological polar surface area (TPSA) is 0 Å². The molecule has 12 heavy (non-hydrogen) atoms. The van der Waals surface area contributed by atoms with Gasteiger partial charge in [-0.25, -0.2) is 0 Å². The summed E-state index contributed by atoms with van der Waals surface area (Å²) in [5, 5.41) is 0. The average Bonchev–Trinajstić information content (AvgIpc) is 1.97. The average molecular weight is 1170 g/mol. The van der Waals surface area contributed by atoms with Crippen LogP contribution in [-0.2, 0) is 0 Å². The first-order valence-corrected chi connectivity index (χ1v) is 50.9. The van der Waals surface area contributed by atoms with Crippen LogP contribution >= 0.6 is 90.8 Å². The van der Waals surface area contributed by atoms with Gasteiger partial charge in [0.25, 0.3) is 0 Å². The van der Waals surface area contributed by atoms with Gasteiger partial charge in [-0.15, -0.1) is 0 Å². The number of rotatable bonds is 6. The standard InChI is InChI=1S/B3I9/c1-10(5)7-3-12(8-4)9-11(2)6/q-3. The summed E-state index contributed by atoms with van der Waals surface area (Å²) in [6.07, 6.45) is 0. The summed E-state index contributed by atoms with van der Waals surface area (Å²) < 4.78 is 2.77. The predicted octanol–water partition coefficient (Wildman–Crippen LogP) is -4.82. The van der Waals surface area contributed by atoms with Gasteiger partial charge in [0.15, 0.2) is 0 Å². The van der Waals surface area contributed by atoms with E-state index in [2.05, 4.69) is 58.8 Å². The molecule has 0 aliphatic rings. The molecular weight excluding hydrogens is 1170 g/mol. The molecule has 75 valence electrons. The van der Waals surface area contributed by atoms with Crippen LogP contribution in [0.3, 0.4) is 0 Å². The van der Waals surface area contributed by atoms with Gasteiger partial charge >= 0.3 is 149 Å². The third-order valence-corrected chi connectivity index (χ3v) is 192. The molecule has 5 radical (unpaired) electrons. The van der Waals surface area contributed by atoms with Crippen molar-refractivity contribution in [1.82, 2.24) is 0 Å². The third-order valence-electron chi connectivity index (χ3n) is 0.327. The molecule has 0 rings (SSSR count). The van der Waals surface area contributed by atoms with Gasteiger partial charge in [0.1, 0.15) is 0 Å². The van der Waals surface area contributed by atoms with Crippen LogP contribution in [0, 0.1) is 0 Å². The second-order valence-electron chi connectivity index (χ2n) is 0.930. The summed E-state index contributed by atoms with van der Waals surface area (Å²) in [5.74, 6) is 0. The molecule has 0 aromatic heterocycles. The van der Waals surface area contributed by atoms with E-state index in [1.807, 2.05) is 0 Å². The maximum atomic E-state index is 5.99. The van der Waals surface area contributed by atoms with Crippen molar-refractivity contribution in [2.24, 2.45) is 0 Å². The van der Waals surface area contributed by atoms with Crippen LogP contribution in [0.5, 0.6) is 0 Å². The van der Waals surface area contributed by atoms with E-state index in [0.717, 1.165) is 0 Å². The molecule has 0 saturated heterocycles. The van der Waals surface area contributed by atoms with E-state index in [4.69, 9.17) is 11.4 Å². The Kier molecular flexibility index (Phi) is 20.0. The Hall–Kier alpha value is 6.76. The van der Waals surface area contributed by atoms with Crippen LogP contribution in [0.25, 0.3) is 0 Å². The van der Waals surface area contributed by atoms with Gasteiger partial charge in [-0.3, -0.25) is 0 Å². The van der Waals surface area contributed by atoms with Crippen LogP contribution in [-0.4, -0.2) is 14.4 Å². The van der Waals surface area contributed by atoms with E-state index >= 15 is 0 Å². The molecule has 0 saturated carbocycles. The molecule has 0 fully saturated rings. The van der Waals surface area contributed by atoms with Gasteiger partial charge in [-0.1, -0.05) is 0 Å². The predicted molar refractivity (Wildman–Crippen MR) is 101 cm³/mol. The van der Waals surface area contributed by atoms with Gasteiger partial charge in [-0.05, 0) is 0 Å². The fourth-order valence-corrected chi connectivity index (χ4v) is 387. The van der Waals surface area contributed by atoms with Gasteiger partial charge in [0.2, 0.25) is 0 Å². The summed E-state index contributed by atoms with van der Waals surface area (Å²) in [7, 11) is 0. The molecule has 0 atom stereocenters. The van der Waals surface area contributed by atoms with E-state index < -0.39 is 35.0 Å². The summed E-state index contributed by atoms with van der Waals surface area (Å²) in [6, 6.07) is 0. The minimum absolute atomic E-state index is 0.369. The molecule has 0 aliphatic heterocycles. The molecule has 0 bridgehead atoms. The molecule has 0 N–H and O–H groups in total. The second-order valence-corrected chi connectivity index (χ2v) is 111. The number of halogens is 9. The van der Waals surface area contributed by atoms with Crippen molar-refractivity contribution in [1.29, 1.82) is 0 Å². The van der Waals surface area contributed by atoms with Gasteiger partial charge in [0.05, 0.1) is 0 Å². The van der Waals surface area contributed by atoms with Crippen molar-refractivity contribution in [2.75, 3.05) is 0 Å². The van der Waals surface area contributed by atoms with E-state index in [0.29, 0.717) is 43.5 Å². The van der Waals surface area contributed by atoms with Crippen LogP contribution in [0.15, 0.2) is 0 Å². The van der Waals surface area contributed by atoms with Crippen molar-refractivity contribution >= 4 is 105 Å². The summed E-state index contributed by atoms with van der Waals surface area (Å²) in [4.78, 5) is 0. The van der Waals surface area contributed by atoms with Crippen molar-refractivity contribution in [2.45, 2.75) is 0 Å². The molecule has 0 heterocycles. The van der Waals surface area contributed by atoms with E-state index in [9.17, 15) is 0 Å². The Bertz CT molecular complexity index is 102. The first-order valence-electron chi connectivity index (χ1n) is 1.87. The monoisotopic (exact) mass is 1180 g/mol. The van der Waals surface area contributed by atoms with Crippen molar-refractivity contribution in [3.8, 4) is 0 Å². The molecule has 0 aliphatic carbocycles. The van der Waals surface area contributed by atoms with Gasteiger partial charge < -0.3 is 0 Å². The van der Waals surface area contributed by atoms with Crippen molar-refractivity contribution in [3.05, 3.63) is 0 Å². The first kappa shape index (κ1) is 18.8. The van der Waals surface area contributed by atoms with Crippen LogP contribution in [0.2, 0.25) is 0 Å². The molecular formula is B3I9-3. The molecule has 12 heteroatoms. The van der Waals surface area contributed by atoms with Crippen LogP contribution in [0.1, 0.15) is 0 Å². The van der Waals surface area contributed by atoms with Crippen LogP contribution < -0.4 is 43.5 Å². The Labute approximate surface area is 142 Å². The van der Waals surface area contributed by atoms with E-state index in [1.165, 1.54) is 0 Å². The fraction of sp³-hybridized carbons (Fsp3) is 0. The van der Waals surface area contributed by atoms with E-state index in [-0.39, 0.29) is 0 Å². The second kappa shape index (κ2) is 12.8. The van der Waals surface area contributed by atoms with E-state index in [1.54, 1.807) is 0 Å². The molecule has 0 spiro atoms. The Morgan fingerprint density at radius 2 is 1.75 bits per heavy atom. The summed E-state index contributed by atoms with van der Waals surface area (Å²) in [5.41, 5.74) is 11.9. The maximum absolute atomic E-state index is 5.99.